The predicted molar refractivity (Wildman–Crippen MR) is 86.5 cm³/mol. The molecule has 0 atom stereocenters. The number of aryl methyl sites for hydroxylation is 1. The van der Waals surface area contributed by atoms with E-state index in [1.165, 1.54) is 11.1 Å². The van der Waals surface area contributed by atoms with Crippen LogP contribution in [0.4, 0.5) is 0 Å². The fraction of sp³-hybridized carbons (Fsp3) is 0.389. The van der Waals surface area contributed by atoms with E-state index in [1.807, 2.05) is 18.3 Å². The molecule has 0 saturated heterocycles. The second-order valence-electron chi connectivity index (χ2n) is 5.46. The molecule has 0 saturated carbocycles. The van der Waals surface area contributed by atoms with Crippen LogP contribution in [-0.2, 0) is 13.0 Å². The summed E-state index contributed by atoms with van der Waals surface area (Å²) >= 11 is 0. The average Bonchev–Trinajstić information content (AvgIpc) is 2.51. The topological polar surface area (TPSA) is 34.2 Å². The summed E-state index contributed by atoms with van der Waals surface area (Å²) in [6.45, 7) is 5.81. The second-order valence-corrected chi connectivity index (χ2v) is 5.46. The molecule has 2 aromatic rings. The van der Waals surface area contributed by atoms with Gasteiger partial charge in [0.05, 0.1) is 12.8 Å². The molecule has 0 unspecified atom stereocenters. The van der Waals surface area contributed by atoms with Crippen molar-refractivity contribution in [3.05, 3.63) is 59.9 Å². The van der Waals surface area contributed by atoms with Gasteiger partial charge in [-0.3, -0.25) is 4.98 Å². The van der Waals surface area contributed by atoms with E-state index in [9.17, 15) is 0 Å². The maximum absolute atomic E-state index is 5.89. The van der Waals surface area contributed by atoms with Gasteiger partial charge in [0.25, 0.3) is 0 Å². The molecule has 0 aliphatic rings. The Morgan fingerprint density at radius 1 is 1.14 bits per heavy atom. The normalized spacial score (nSPS) is 10.8. The van der Waals surface area contributed by atoms with Crippen molar-refractivity contribution in [1.29, 1.82) is 0 Å². The Kier molecular flexibility index (Phi) is 6.22. The Hall–Kier alpha value is -1.87. The van der Waals surface area contributed by atoms with Gasteiger partial charge in [0.15, 0.2) is 0 Å². The van der Waals surface area contributed by atoms with Gasteiger partial charge in [-0.25, -0.2) is 0 Å². The van der Waals surface area contributed by atoms with Crippen molar-refractivity contribution in [3.63, 3.8) is 0 Å². The molecule has 0 radical (unpaired) electrons. The first-order valence-electron chi connectivity index (χ1n) is 7.58. The highest BCUT2D eigenvalue weighted by molar-refractivity contribution is 5.29. The molecular formula is C18H24N2O. The summed E-state index contributed by atoms with van der Waals surface area (Å²) in [4.78, 5) is 4.16. The highest BCUT2D eigenvalue weighted by Crippen LogP contribution is 2.17. The molecule has 1 aromatic heterocycles. The van der Waals surface area contributed by atoms with Crippen LogP contribution in [0.1, 0.15) is 31.4 Å². The lowest BCUT2D eigenvalue weighted by Gasteiger charge is -2.13. The Bertz CT molecular complexity index is 526. The lowest BCUT2D eigenvalue weighted by atomic mass is 10.1. The number of hydrogen-bond donors (Lipinski definition) is 1. The highest BCUT2D eigenvalue weighted by Gasteiger charge is 2.04. The standard InChI is InChI=1S/C18H24N2O/c1-15(2)20-13-17-10-11-19-14-18(17)21-12-6-9-16-7-4-3-5-8-16/h3-5,7-8,10-11,14-15,20H,6,9,12-13H2,1-2H3. The first kappa shape index (κ1) is 15.5. The Balaban J connectivity index is 1.80. The lowest BCUT2D eigenvalue weighted by molar-refractivity contribution is 0.305. The number of nitrogens with one attached hydrogen (secondary N) is 1. The summed E-state index contributed by atoms with van der Waals surface area (Å²) in [7, 11) is 0. The van der Waals surface area contributed by atoms with Crippen molar-refractivity contribution in [2.45, 2.75) is 39.3 Å². The summed E-state index contributed by atoms with van der Waals surface area (Å²) in [5, 5.41) is 3.41. The largest absolute Gasteiger partial charge is 0.492 e. The summed E-state index contributed by atoms with van der Waals surface area (Å²) in [6, 6.07) is 13.0. The van der Waals surface area contributed by atoms with Crippen molar-refractivity contribution < 1.29 is 4.74 Å². The Labute approximate surface area is 127 Å². The summed E-state index contributed by atoms with van der Waals surface area (Å²) in [6.07, 6.45) is 5.67. The van der Waals surface area contributed by atoms with Crippen molar-refractivity contribution in [2.75, 3.05) is 6.61 Å². The maximum Gasteiger partial charge on any atom is 0.142 e. The fourth-order valence-electron chi connectivity index (χ4n) is 2.10. The zero-order valence-corrected chi connectivity index (χ0v) is 12.9. The van der Waals surface area contributed by atoms with Gasteiger partial charge in [-0.05, 0) is 24.5 Å². The molecule has 21 heavy (non-hydrogen) atoms. The SMILES string of the molecule is CC(C)NCc1ccncc1OCCCc1ccccc1. The number of hydrogen-bond acceptors (Lipinski definition) is 3. The Morgan fingerprint density at radius 3 is 2.71 bits per heavy atom. The summed E-state index contributed by atoms with van der Waals surface area (Å²) < 4.78 is 5.89. The minimum atomic E-state index is 0.462. The third-order valence-electron chi connectivity index (χ3n) is 3.28. The van der Waals surface area contributed by atoms with Crippen molar-refractivity contribution in [2.24, 2.45) is 0 Å². The van der Waals surface area contributed by atoms with E-state index in [2.05, 4.69) is 48.4 Å². The van der Waals surface area contributed by atoms with E-state index in [0.717, 1.165) is 31.7 Å². The molecule has 3 nitrogen and oxygen atoms in total. The molecule has 0 aliphatic carbocycles. The highest BCUT2D eigenvalue weighted by atomic mass is 16.5. The van der Waals surface area contributed by atoms with E-state index >= 15 is 0 Å². The number of pyridine rings is 1. The van der Waals surface area contributed by atoms with Crippen molar-refractivity contribution >= 4 is 0 Å². The van der Waals surface area contributed by atoms with Crippen LogP contribution in [0, 0.1) is 0 Å². The third-order valence-corrected chi connectivity index (χ3v) is 3.28. The van der Waals surface area contributed by atoms with Gasteiger partial charge in [0, 0.05) is 24.3 Å². The van der Waals surface area contributed by atoms with Gasteiger partial charge in [-0.1, -0.05) is 44.2 Å². The minimum Gasteiger partial charge on any atom is -0.492 e. The zero-order chi connectivity index (χ0) is 14.9. The van der Waals surface area contributed by atoms with E-state index in [4.69, 9.17) is 4.74 Å². The number of rotatable bonds is 8. The molecule has 0 spiro atoms. The van der Waals surface area contributed by atoms with Crippen molar-refractivity contribution in [3.8, 4) is 5.75 Å². The van der Waals surface area contributed by atoms with Crippen LogP contribution in [0.15, 0.2) is 48.8 Å². The average molecular weight is 284 g/mol. The second kappa shape index (κ2) is 8.42. The first-order valence-corrected chi connectivity index (χ1v) is 7.58. The molecule has 0 aliphatic heterocycles. The van der Waals surface area contributed by atoms with Crippen LogP contribution in [0.3, 0.4) is 0 Å². The molecular weight excluding hydrogens is 260 g/mol. The van der Waals surface area contributed by atoms with E-state index in [1.54, 1.807) is 6.20 Å². The van der Waals surface area contributed by atoms with Gasteiger partial charge in [-0.15, -0.1) is 0 Å². The van der Waals surface area contributed by atoms with E-state index in [-0.39, 0.29) is 0 Å². The third kappa shape index (κ3) is 5.56. The van der Waals surface area contributed by atoms with Crippen LogP contribution in [0.2, 0.25) is 0 Å². The minimum absolute atomic E-state index is 0.462. The van der Waals surface area contributed by atoms with Crippen LogP contribution in [0.5, 0.6) is 5.75 Å². The van der Waals surface area contributed by atoms with Crippen molar-refractivity contribution in [1.82, 2.24) is 10.3 Å². The first-order chi connectivity index (χ1) is 10.3. The summed E-state index contributed by atoms with van der Waals surface area (Å²) in [5.41, 5.74) is 2.52. The molecule has 0 amide bonds. The molecule has 0 fully saturated rings. The summed E-state index contributed by atoms with van der Waals surface area (Å²) in [5.74, 6) is 0.888. The number of ether oxygens (including phenoxy) is 1. The van der Waals surface area contributed by atoms with Gasteiger partial charge in [0.1, 0.15) is 5.75 Å². The van der Waals surface area contributed by atoms with Gasteiger partial charge >= 0.3 is 0 Å². The van der Waals surface area contributed by atoms with Gasteiger partial charge in [-0.2, -0.15) is 0 Å². The van der Waals surface area contributed by atoms with Crippen LogP contribution >= 0.6 is 0 Å². The quantitative estimate of drug-likeness (QED) is 0.752. The smallest absolute Gasteiger partial charge is 0.142 e. The van der Waals surface area contributed by atoms with Crippen LogP contribution in [0.25, 0.3) is 0 Å². The maximum atomic E-state index is 5.89. The molecule has 112 valence electrons. The molecule has 1 N–H and O–H groups in total. The molecule has 3 heteroatoms. The zero-order valence-electron chi connectivity index (χ0n) is 12.9. The fourth-order valence-corrected chi connectivity index (χ4v) is 2.10. The number of nitrogens with zero attached hydrogens (tertiary/aromatic N) is 1. The van der Waals surface area contributed by atoms with Crippen LogP contribution in [-0.4, -0.2) is 17.6 Å². The molecule has 0 bridgehead atoms. The molecule has 2 rings (SSSR count). The monoisotopic (exact) mass is 284 g/mol. The van der Waals surface area contributed by atoms with Gasteiger partial charge < -0.3 is 10.1 Å². The lowest BCUT2D eigenvalue weighted by Crippen LogP contribution is -2.22. The predicted octanol–water partition coefficient (Wildman–Crippen LogP) is 3.59. The molecule has 1 heterocycles. The number of aromatic nitrogens is 1. The Morgan fingerprint density at radius 2 is 1.95 bits per heavy atom. The van der Waals surface area contributed by atoms with Crippen LogP contribution < -0.4 is 10.1 Å². The number of benzene rings is 1. The molecule has 1 aromatic carbocycles. The van der Waals surface area contributed by atoms with Gasteiger partial charge in [0.2, 0.25) is 0 Å². The van der Waals surface area contributed by atoms with E-state index < -0.39 is 0 Å². The van der Waals surface area contributed by atoms with E-state index in [0.29, 0.717) is 6.04 Å².